The highest BCUT2D eigenvalue weighted by molar-refractivity contribution is 5.93. The van der Waals surface area contributed by atoms with Gasteiger partial charge in [-0.3, -0.25) is 0 Å². The van der Waals surface area contributed by atoms with Crippen molar-refractivity contribution in [2.45, 2.75) is 72.1 Å². The fraction of sp³-hybridized carbons (Fsp3) is 0.600. The lowest BCUT2D eigenvalue weighted by Crippen LogP contribution is -2.25. The summed E-state index contributed by atoms with van der Waals surface area (Å²) in [6, 6.07) is 7.85. The Morgan fingerprint density at radius 1 is 1.12 bits per heavy atom. The van der Waals surface area contributed by atoms with Crippen molar-refractivity contribution in [1.29, 1.82) is 0 Å². The monoisotopic (exact) mass is 354 g/mol. The maximum atomic E-state index is 12.8. The summed E-state index contributed by atoms with van der Waals surface area (Å²) in [6.45, 7) is 7.07. The van der Waals surface area contributed by atoms with Crippen molar-refractivity contribution in [3.8, 4) is 0 Å². The van der Waals surface area contributed by atoms with E-state index in [0.29, 0.717) is 17.3 Å². The van der Waals surface area contributed by atoms with E-state index < -0.39 is 12.7 Å². The number of alkyl halides is 3. The summed E-state index contributed by atoms with van der Waals surface area (Å²) in [5, 5.41) is 4.44. The third kappa shape index (κ3) is 4.93. The van der Waals surface area contributed by atoms with Crippen molar-refractivity contribution in [3.63, 3.8) is 0 Å². The number of anilines is 1. The van der Waals surface area contributed by atoms with Crippen molar-refractivity contribution < 1.29 is 13.2 Å². The molecular weight excluding hydrogens is 325 g/mol. The van der Waals surface area contributed by atoms with Crippen LogP contribution in [0.3, 0.4) is 0 Å². The zero-order valence-corrected chi connectivity index (χ0v) is 15.6. The molecule has 0 radical (unpaired) electrons. The number of hydrogen-bond donors (Lipinski definition) is 1. The Morgan fingerprint density at radius 3 is 2.36 bits per heavy atom. The molecule has 0 unspecified atom stereocenters. The van der Waals surface area contributed by atoms with Crippen LogP contribution < -0.4 is 5.32 Å². The lowest BCUT2D eigenvalue weighted by molar-refractivity contribution is -0.140. The Morgan fingerprint density at radius 2 is 1.76 bits per heavy atom. The molecule has 0 aliphatic heterocycles. The minimum Gasteiger partial charge on any atom is -0.382 e. The van der Waals surface area contributed by atoms with Crippen molar-refractivity contribution in [1.82, 2.24) is 4.57 Å². The minimum atomic E-state index is -4.21. The maximum Gasteiger partial charge on any atom is 0.406 e. The molecule has 0 spiro atoms. The van der Waals surface area contributed by atoms with E-state index in [9.17, 15) is 13.2 Å². The van der Waals surface area contributed by atoms with Crippen LogP contribution >= 0.6 is 0 Å². The van der Waals surface area contributed by atoms with Crippen LogP contribution in [0.1, 0.15) is 52.1 Å². The Balaban J connectivity index is 0.00000109. The number of fused-ring (bicyclic) bond motifs is 1. The fourth-order valence-corrected chi connectivity index (χ4v) is 3.56. The normalized spacial score (nSPS) is 20.9. The van der Waals surface area contributed by atoms with Gasteiger partial charge in [-0.1, -0.05) is 26.8 Å². The zero-order chi connectivity index (χ0) is 18.6. The van der Waals surface area contributed by atoms with Crippen molar-refractivity contribution in [2.24, 2.45) is 5.92 Å². The Kier molecular flexibility index (Phi) is 6.42. The van der Waals surface area contributed by atoms with Gasteiger partial charge in [0.05, 0.1) is 5.52 Å². The molecule has 1 saturated carbocycles. The summed E-state index contributed by atoms with van der Waals surface area (Å²) in [4.78, 5) is 0. The number of rotatable bonds is 3. The van der Waals surface area contributed by atoms with Gasteiger partial charge in [0.15, 0.2) is 0 Å². The number of benzene rings is 1. The molecule has 3 rings (SSSR count). The third-order valence-electron chi connectivity index (χ3n) is 4.87. The van der Waals surface area contributed by atoms with E-state index in [0.717, 1.165) is 29.8 Å². The highest BCUT2D eigenvalue weighted by Gasteiger charge is 2.29. The maximum absolute atomic E-state index is 12.8. The third-order valence-corrected chi connectivity index (χ3v) is 4.87. The molecule has 2 nitrogen and oxygen atoms in total. The highest BCUT2D eigenvalue weighted by atomic mass is 19.4. The molecule has 2 aromatic rings. The van der Waals surface area contributed by atoms with E-state index in [1.807, 2.05) is 32.0 Å². The lowest BCUT2D eigenvalue weighted by atomic mass is 9.87. The molecule has 1 heterocycles. The number of hydrogen-bond acceptors (Lipinski definition) is 1. The summed E-state index contributed by atoms with van der Waals surface area (Å²) >= 11 is 0. The van der Waals surface area contributed by atoms with Crippen molar-refractivity contribution in [2.75, 3.05) is 5.32 Å². The van der Waals surface area contributed by atoms with Crippen molar-refractivity contribution in [3.05, 3.63) is 30.0 Å². The first kappa shape index (κ1) is 19.7. The fourth-order valence-electron chi connectivity index (χ4n) is 3.56. The van der Waals surface area contributed by atoms with E-state index in [-0.39, 0.29) is 0 Å². The number of aromatic nitrogens is 1. The second kappa shape index (κ2) is 8.15. The lowest BCUT2D eigenvalue weighted by Gasteiger charge is -2.28. The highest BCUT2D eigenvalue weighted by Crippen LogP contribution is 2.32. The molecule has 0 saturated heterocycles. The number of aryl methyl sites for hydroxylation is 1. The molecule has 0 amide bonds. The number of nitrogens with one attached hydrogen (secondary N) is 1. The average Bonchev–Trinajstić information content (AvgIpc) is 2.87. The van der Waals surface area contributed by atoms with Gasteiger partial charge >= 0.3 is 6.18 Å². The molecule has 25 heavy (non-hydrogen) atoms. The summed E-state index contributed by atoms with van der Waals surface area (Å²) < 4.78 is 39.8. The molecular formula is C20H29F3N2. The standard InChI is InChI=1S/C18H23F3N2.C2H6/c1-12-6-8-14(9-7-12)22-16-4-3-5-17-15(16)10-13(2)23(17)11-18(19,20)21;1-2/h3-5,10,12,14,22H,6-9,11H2,1-2H3;1-2H3. The van der Waals surface area contributed by atoms with Gasteiger partial charge in [0.2, 0.25) is 0 Å². The predicted molar refractivity (Wildman–Crippen MR) is 99.1 cm³/mol. The van der Waals surface area contributed by atoms with E-state index in [2.05, 4.69) is 12.2 Å². The van der Waals surface area contributed by atoms with E-state index in [1.165, 1.54) is 17.4 Å². The number of halogens is 3. The van der Waals surface area contributed by atoms with Crippen LogP contribution in [0.5, 0.6) is 0 Å². The van der Waals surface area contributed by atoms with Crippen LogP contribution in [0, 0.1) is 12.8 Å². The Labute approximate surface area is 148 Å². The van der Waals surface area contributed by atoms with E-state index in [4.69, 9.17) is 0 Å². The summed E-state index contributed by atoms with van der Waals surface area (Å²) in [6.07, 6.45) is 0.461. The first-order valence-electron chi connectivity index (χ1n) is 9.25. The van der Waals surface area contributed by atoms with Crippen LogP contribution in [0.4, 0.5) is 18.9 Å². The van der Waals surface area contributed by atoms with Gasteiger partial charge < -0.3 is 9.88 Å². The molecule has 0 atom stereocenters. The van der Waals surface area contributed by atoms with Gasteiger partial charge in [-0.05, 0) is 56.7 Å². The largest absolute Gasteiger partial charge is 0.406 e. The molecule has 1 aromatic carbocycles. The van der Waals surface area contributed by atoms with Crippen LogP contribution in [0.25, 0.3) is 10.9 Å². The molecule has 1 aliphatic carbocycles. The van der Waals surface area contributed by atoms with Crippen LogP contribution in [0.2, 0.25) is 0 Å². The smallest absolute Gasteiger partial charge is 0.382 e. The predicted octanol–water partition coefficient (Wildman–Crippen LogP) is 6.53. The van der Waals surface area contributed by atoms with Gasteiger partial charge in [-0.15, -0.1) is 0 Å². The first-order chi connectivity index (χ1) is 11.8. The van der Waals surface area contributed by atoms with Crippen LogP contribution in [-0.2, 0) is 6.54 Å². The first-order valence-corrected chi connectivity index (χ1v) is 9.25. The zero-order valence-electron chi connectivity index (χ0n) is 15.6. The molecule has 1 aromatic heterocycles. The van der Waals surface area contributed by atoms with E-state index in [1.54, 1.807) is 13.0 Å². The number of nitrogens with zero attached hydrogens (tertiary/aromatic N) is 1. The second-order valence-electron chi connectivity index (χ2n) is 6.83. The topological polar surface area (TPSA) is 17.0 Å². The van der Waals surface area contributed by atoms with Gasteiger partial charge in [0.25, 0.3) is 0 Å². The summed E-state index contributed by atoms with van der Waals surface area (Å²) in [5.41, 5.74) is 2.24. The SMILES string of the molecule is CC.Cc1cc2c(NC3CCC(C)CC3)cccc2n1CC(F)(F)F. The molecule has 1 N–H and O–H groups in total. The van der Waals surface area contributed by atoms with Gasteiger partial charge in [0.1, 0.15) is 6.54 Å². The summed E-state index contributed by atoms with van der Waals surface area (Å²) in [5.74, 6) is 0.777. The Bertz CT molecular complexity index is 680. The van der Waals surface area contributed by atoms with E-state index >= 15 is 0 Å². The van der Waals surface area contributed by atoms with Gasteiger partial charge in [-0.2, -0.15) is 13.2 Å². The van der Waals surface area contributed by atoms with Crippen molar-refractivity contribution >= 4 is 16.6 Å². The molecule has 1 aliphatic rings. The Hall–Kier alpha value is -1.65. The average molecular weight is 354 g/mol. The molecule has 140 valence electrons. The molecule has 5 heteroatoms. The van der Waals surface area contributed by atoms with Gasteiger partial charge in [0, 0.05) is 22.8 Å². The molecule has 0 bridgehead atoms. The van der Waals surface area contributed by atoms with Crippen LogP contribution in [-0.4, -0.2) is 16.8 Å². The molecule has 1 fully saturated rings. The second-order valence-corrected chi connectivity index (χ2v) is 6.83. The summed E-state index contributed by atoms with van der Waals surface area (Å²) in [7, 11) is 0. The van der Waals surface area contributed by atoms with Gasteiger partial charge in [-0.25, -0.2) is 0 Å². The quantitative estimate of drug-likeness (QED) is 0.663. The van der Waals surface area contributed by atoms with Crippen LogP contribution in [0.15, 0.2) is 24.3 Å². The minimum absolute atomic E-state index is 0.420.